The van der Waals surface area contributed by atoms with Crippen LogP contribution in [0, 0.1) is 5.92 Å². The Balaban J connectivity index is 2.74. The van der Waals surface area contributed by atoms with Crippen molar-refractivity contribution in [2.75, 3.05) is 6.61 Å². The van der Waals surface area contributed by atoms with E-state index < -0.39 is 8.32 Å². The monoisotopic (exact) mass is 274 g/mol. The number of hydrogen-bond acceptors (Lipinski definition) is 3. The minimum Gasteiger partial charge on any atom is -0.414 e. The van der Waals surface area contributed by atoms with Gasteiger partial charge in [0.1, 0.15) is 0 Å². The zero-order chi connectivity index (χ0) is 14.0. The molecular formula is C14H30O3Si. The molecule has 0 aromatic heterocycles. The van der Waals surface area contributed by atoms with E-state index in [2.05, 4.69) is 33.9 Å². The van der Waals surface area contributed by atoms with Crippen molar-refractivity contribution in [3.05, 3.63) is 0 Å². The van der Waals surface area contributed by atoms with E-state index in [0.29, 0.717) is 6.42 Å². The van der Waals surface area contributed by atoms with Crippen molar-refractivity contribution in [1.82, 2.24) is 0 Å². The van der Waals surface area contributed by atoms with Gasteiger partial charge in [0.05, 0.1) is 12.2 Å². The summed E-state index contributed by atoms with van der Waals surface area (Å²) in [4.78, 5) is 0. The van der Waals surface area contributed by atoms with Crippen LogP contribution in [-0.2, 0) is 4.43 Å². The molecule has 1 aliphatic carbocycles. The first-order chi connectivity index (χ1) is 8.19. The molecule has 1 rings (SSSR count). The van der Waals surface area contributed by atoms with Crippen LogP contribution in [0.3, 0.4) is 0 Å². The summed E-state index contributed by atoms with van der Waals surface area (Å²) in [5.41, 5.74) is 0. The molecule has 0 aliphatic heterocycles. The maximum atomic E-state index is 10.1. The third-order valence-corrected chi connectivity index (χ3v) is 9.18. The molecule has 0 unspecified atom stereocenters. The van der Waals surface area contributed by atoms with Crippen LogP contribution < -0.4 is 0 Å². The lowest BCUT2D eigenvalue weighted by Gasteiger charge is -2.44. The molecule has 0 bridgehead atoms. The van der Waals surface area contributed by atoms with E-state index in [1.165, 1.54) is 0 Å². The third kappa shape index (κ3) is 3.79. The summed E-state index contributed by atoms with van der Waals surface area (Å²) in [6.45, 7) is 11.4. The van der Waals surface area contributed by atoms with Crippen molar-refractivity contribution in [3.63, 3.8) is 0 Å². The summed E-state index contributed by atoms with van der Waals surface area (Å²) < 4.78 is 6.45. The fourth-order valence-electron chi connectivity index (χ4n) is 2.43. The summed E-state index contributed by atoms with van der Waals surface area (Å²) in [6, 6.07) is 0. The van der Waals surface area contributed by atoms with E-state index >= 15 is 0 Å². The highest BCUT2D eigenvalue weighted by atomic mass is 28.4. The van der Waals surface area contributed by atoms with Crippen molar-refractivity contribution in [1.29, 1.82) is 0 Å². The Bertz CT molecular complexity index is 260. The Labute approximate surface area is 113 Å². The van der Waals surface area contributed by atoms with Gasteiger partial charge in [0.15, 0.2) is 8.32 Å². The molecule has 0 heterocycles. The van der Waals surface area contributed by atoms with Crippen LogP contribution in [0.25, 0.3) is 0 Å². The first kappa shape index (κ1) is 16.2. The van der Waals surface area contributed by atoms with Crippen molar-refractivity contribution in [2.24, 2.45) is 5.92 Å². The van der Waals surface area contributed by atoms with Crippen LogP contribution >= 0.6 is 0 Å². The van der Waals surface area contributed by atoms with Gasteiger partial charge >= 0.3 is 0 Å². The molecule has 1 saturated carbocycles. The van der Waals surface area contributed by atoms with Crippen molar-refractivity contribution in [3.8, 4) is 0 Å². The van der Waals surface area contributed by atoms with Crippen LogP contribution in [0.5, 0.6) is 0 Å². The van der Waals surface area contributed by atoms with E-state index in [0.717, 1.165) is 19.3 Å². The minimum atomic E-state index is -1.79. The number of hydrogen-bond donors (Lipinski definition) is 2. The first-order valence-electron chi connectivity index (χ1n) is 7.16. The van der Waals surface area contributed by atoms with Crippen molar-refractivity contribution < 1.29 is 14.6 Å². The molecular weight excluding hydrogens is 244 g/mol. The molecule has 0 radical (unpaired) electrons. The molecule has 0 aromatic carbocycles. The van der Waals surface area contributed by atoms with E-state index in [-0.39, 0.29) is 29.8 Å². The summed E-state index contributed by atoms with van der Waals surface area (Å²) in [6.07, 6.45) is 3.38. The van der Waals surface area contributed by atoms with Crippen molar-refractivity contribution in [2.45, 2.75) is 76.8 Å². The Hall–Kier alpha value is 0.0969. The van der Waals surface area contributed by atoms with Gasteiger partial charge in [0.2, 0.25) is 0 Å². The second-order valence-electron chi connectivity index (χ2n) is 7.09. The van der Waals surface area contributed by atoms with Gasteiger partial charge in [-0.25, -0.2) is 0 Å². The SMILES string of the molecule is CC(C)(C)[Si](C)(C)O[C@@H]1CCC[C@@H](O)[C@@H]1CCO. The van der Waals surface area contributed by atoms with Crippen LogP contribution in [0.2, 0.25) is 18.1 Å². The average Bonchev–Trinajstić information content (AvgIpc) is 2.21. The lowest BCUT2D eigenvalue weighted by atomic mass is 9.82. The molecule has 0 aromatic rings. The zero-order valence-electron chi connectivity index (χ0n) is 12.6. The molecule has 108 valence electrons. The predicted octanol–water partition coefficient (Wildman–Crippen LogP) is 2.92. The predicted molar refractivity (Wildman–Crippen MR) is 77.1 cm³/mol. The van der Waals surface area contributed by atoms with Crippen LogP contribution in [0.15, 0.2) is 0 Å². The molecule has 1 aliphatic rings. The topological polar surface area (TPSA) is 49.7 Å². The molecule has 1 fully saturated rings. The molecule has 3 atom stereocenters. The molecule has 3 nitrogen and oxygen atoms in total. The average molecular weight is 274 g/mol. The minimum absolute atomic E-state index is 0.109. The van der Waals surface area contributed by atoms with E-state index in [1.807, 2.05) is 0 Å². The van der Waals surface area contributed by atoms with Gasteiger partial charge in [-0.2, -0.15) is 0 Å². The van der Waals surface area contributed by atoms with Gasteiger partial charge in [0.25, 0.3) is 0 Å². The highest BCUT2D eigenvalue weighted by Gasteiger charge is 2.42. The maximum Gasteiger partial charge on any atom is 0.192 e. The van der Waals surface area contributed by atoms with Gasteiger partial charge in [-0.1, -0.05) is 20.8 Å². The second kappa shape index (κ2) is 6.03. The molecule has 0 saturated heterocycles. The Morgan fingerprint density at radius 3 is 2.33 bits per heavy atom. The molecule has 0 amide bonds. The Kier molecular flexibility index (Phi) is 5.41. The summed E-state index contributed by atoms with van der Waals surface area (Å²) in [5.74, 6) is 0.109. The Morgan fingerprint density at radius 2 is 1.83 bits per heavy atom. The molecule has 18 heavy (non-hydrogen) atoms. The fraction of sp³-hybridized carbons (Fsp3) is 1.00. The highest BCUT2D eigenvalue weighted by molar-refractivity contribution is 6.74. The van der Waals surface area contributed by atoms with Gasteiger partial charge in [0, 0.05) is 12.5 Å². The summed E-state index contributed by atoms with van der Waals surface area (Å²) >= 11 is 0. The molecule has 0 spiro atoms. The first-order valence-corrected chi connectivity index (χ1v) is 10.1. The second-order valence-corrected chi connectivity index (χ2v) is 11.8. The highest BCUT2D eigenvalue weighted by Crippen LogP contribution is 2.40. The number of rotatable bonds is 4. The van der Waals surface area contributed by atoms with Crippen molar-refractivity contribution >= 4 is 8.32 Å². The summed E-state index contributed by atoms with van der Waals surface area (Å²) in [5, 5.41) is 19.4. The van der Waals surface area contributed by atoms with Crippen LogP contribution in [0.1, 0.15) is 46.5 Å². The fourth-order valence-corrected chi connectivity index (χ4v) is 3.84. The van der Waals surface area contributed by atoms with Gasteiger partial charge in [-0.05, 0) is 43.8 Å². The number of aliphatic hydroxyl groups is 2. The summed E-state index contributed by atoms with van der Waals surface area (Å²) in [7, 11) is -1.79. The van der Waals surface area contributed by atoms with Gasteiger partial charge < -0.3 is 14.6 Å². The lowest BCUT2D eigenvalue weighted by Crippen LogP contribution is -2.49. The van der Waals surface area contributed by atoms with E-state index in [1.54, 1.807) is 0 Å². The number of aliphatic hydroxyl groups excluding tert-OH is 2. The smallest absolute Gasteiger partial charge is 0.192 e. The van der Waals surface area contributed by atoms with E-state index in [9.17, 15) is 5.11 Å². The van der Waals surface area contributed by atoms with Crippen LogP contribution in [0.4, 0.5) is 0 Å². The zero-order valence-corrected chi connectivity index (χ0v) is 13.6. The van der Waals surface area contributed by atoms with E-state index in [4.69, 9.17) is 9.53 Å². The molecule has 2 N–H and O–H groups in total. The largest absolute Gasteiger partial charge is 0.414 e. The van der Waals surface area contributed by atoms with Crippen LogP contribution in [-0.4, -0.2) is 37.3 Å². The normalized spacial score (nSPS) is 30.5. The quantitative estimate of drug-likeness (QED) is 0.775. The van der Waals surface area contributed by atoms with Gasteiger partial charge in [-0.3, -0.25) is 0 Å². The Morgan fingerprint density at radius 1 is 1.22 bits per heavy atom. The van der Waals surface area contributed by atoms with Gasteiger partial charge in [-0.15, -0.1) is 0 Å². The maximum absolute atomic E-state index is 10.1. The standard InChI is InChI=1S/C14H30O3Si/c1-14(2,3)18(4,5)17-13-8-6-7-12(16)11(13)9-10-15/h11-13,15-16H,6-10H2,1-5H3/t11-,12+,13+/m0/s1. The molecule has 4 heteroatoms. The lowest BCUT2D eigenvalue weighted by molar-refractivity contribution is -0.0267. The third-order valence-electron chi connectivity index (χ3n) is 4.67.